The molecular weight excluding hydrogens is 381 g/mol. The Hall–Kier alpha value is 0.710. The van der Waals surface area contributed by atoms with Crippen LogP contribution in [0.1, 0.15) is 31.1 Å². The van der Waals surface area contributed by atoms with Crippen molar-refractivity contribution in [1.29, 1.82) is 0 Å². The van der Waals surface area contributed by atoms with E-state index in [1.807, 2.05) is 0 Å². The first-order valence-electron chi connectivity index (χ1n) is 7.05. The van der Waals surface area contributed by atoms with Crippen LogP contribution < -0.4 is 0 Å². The van der Waals surface area contributed by atoms with Gasteiger partial charge in [0.05, 0.1) is 6.10 Å². The van der Waals surface area contributed by atoms with Crippen LogP contribution in [0, 0.1) is 7.43 Å². The molecule has 0 bridgehead atoms. The molecule has 102 valence electrons. The first kappa shape index (κ1) is 15.8. The molecule has 1 saturated carbocycles. The van der Waals surface area contributed by atoms with E-state index in [0.29, 0.717) is 0 Å². The second kappa shape index (κ2) is 25.5. The van der Waals surface area contributed by atoms with Gasteiger partial charge in [-0.3, -0.25) is 0 Å². The Bertz CT molecular complexity index is 193. The van der Waals surface area contributed by atoms with Gasteiger partial charge in [-0.25, -0.2) is 0 Å². The molecule has 0 aromatic heterocycles. The second-order valence-electron chi connectivity index (χ2n) is 2.74. The molecule has 1 aliphatic carbocycles. The van der Waals surface area contributed by atoms with Crippen molar-refractivity contribution in [2.75, 3.05) is 42.0 Å². The van der Waals surface area contributed by atoms with Gasteiger partial charge in [-0.2, -0.15) is 35.2 Å². The fourth-order valence-corrected chi connectivity index (χ4v) is 0.683. The molecule has 1 aliphatic rings. The van der Waals surface area contributed by atoms with Gasteiger partial charge < -0.3 is 28.1 Å². The molecule has 0 saturated heterocycles. The Morgan fingerprint density at radius 3 is 1.71 bits per heavy atom. The molecule has 1 fully saturated rings. The van der Waals surface area contributed by atoms with Gasteiger partial charge in [-0.1, -0.05) is 12.8 Å². The first-order chi connectivity index (χ1) is 8.92. The minimum atomic E-state index is -0.829. The van der Waals surface area contributed by atoms with Crippen molar-refractivity contribution in [3.63, 3.8) is 0 Å². The van der Waals surface area contributed by atoms with Crippen LogP contribution in [0.5, 0.6) is 0 Å². The van der Waals surface area contributed by atoms with Gasteiger partial charge in [-0.15, -0.1) is 0 Å². The van der Waals surface area contributed by atoms with Crippen molar-refractivity contribution >= 4 is 0 Å². The van der Waals surface area contributed by atoms with Gasteiger partial charge in [0.1, 0.15) is 0 Å². The average molecular weight is 414 g/mol. The molecule has 5 heteroatoms. The van der Waals surface area contributed by atoms with E-state index in [9.17, 15) is 0 Å². The zero-order valence-corrected chi connectivity index (χ0v) is 15.4. The summed E-state index contributed by atoms with van der Waals surface area (Å²) in [6, 6.07) is 0. The monoisotopic (exact) mass is 415 g/mol. The second-order valence-corrected chi connectivity index (χ2v) is 2.74. The molecule has 1 rings (SSSR count). The summed E-state index contributed by atoms with van der Waals surface area (Å²) in [6.45, 7) is 0.148. The van der Waals surface area contributed by atoms with Crippen molar-refractivity contribution in [1.82, 2.24) is 0 Å². The topological polar surface area (TPSA) is 51.5 Å². The molecular formula is C12H29HfN3O. The Balaban J connectivity index is -0.000000157. The molecule has 4 nitrogen and oxygen atoms in total. The average Bonchev–Trinajstić information content (AvgIpc) is 2.54. The standard InChI is InChI=1S/C7H14NO.2C2H6N.CH3.Hf/c1-8-6-9-7-4-2-3-5-7;2*1-3-2;;/h7H,2-6H2,1H3;2*1-2H3;1H3;/q4*-1;+4/i2D,3D,4D,5D;;;;. The number of hydrogen-bond acceptors (Lipinski definition) is 1. The molecule has 0 amide bonds. The summed E-state index contributed by atoms with van der Waals surface area (Å²) in [5, 5.41) is 10.7. The maximum atomic E-state index is 7.54. The van der Waals surface area contributed by atoms with Crippen molar-refractivity contribution < 1.29 is 36.1 Å². The Labute approximate surface area is 133 Å². The summed E-state index contributed by atoms with van der Waals surface area (Å²) < 4.78 is 35.1. The van der Waals surface area contributed by atoms with E-state index < -0.39 is 31.7 Å². The molecule has 0 heterocycles. The predicted molar refractivity (Wildman–Crippen MR) is 74.3 cm³/mol. The van der Waals surface area contributed by atoms with Crippen LogP contribution >= 0.6 is 0 Å². The van der Waals surface area contributed by atoms with E-state index in [0.717, 1.165) is 0 Å². The molecule has 4 atom stereocenters. The third kappa shape index (κ3) is 26.4. The Morgan fingerprint density at radius 2 is 1.41 bits per heavy atom. The number of ether oxygens (including phenoxy) is 1. The molecule has 0 aromatic rings. The van der Waals surface area contributed by atoms with Gasteiger partial charge in [0.25, 0.3) is 0 Å². The normalized spacial score (nSPS) is 37.1. The van der Waals surface area contributed by atoms with Crippen molar-refractivity contribution in [3.8, 4) is 0 Å². The molecule has 0 radical (unpaired) electrons. The Kier molecular flexibility index (Phi) is 23.7. The van der Waals surface area contributed by atoms with Crippen LogP contribution in [-0.4, -0.2) is 48.1 Å². The van der Waals surface area contributed by atoms with Gasteiger partial charge in [0.2, 0.25) is 0 Å². The quantitative estimate of drug-likeness (QED) is 0.515. The van der Waals surface area contributed by atoms with E-state index in [2.05, 4.69) is 16.0 Å². The minimum absolute atomic E-state index is 0. The summed E-state index contributed by atoms with van der Waals surface area (Å²) >= 11 is 0. The fraction of sp³-hybridized carbons (Fsp3) is 0.917. The van der Waals surface area contributed by atoms with Crippen LogP contribution in [-0.2, 0) is 30.6 Å². The van der Waals surface area contributed by atoms with Crippen molar-refractivity contribution in [2.45, 2.75) is 31.7 Å². The van der Waals surface area contributed by atoms with E-state index >= 15 is 0 Å². The molecule has 0 aromatic carbocycles. The SMILES string of the molecule is C[N-]C.C[N-]C.[2H]C1C([2H])C([2H])C(OC[N-]C)C1[2H].[CH3-].[Hf+4]. The van der Waals surface area contributed by atoms with E-state index in [1.54, 1.807) is 35.2 Å². The summed E-state index contributed by atoms with van der Waals surface area (Å²) in [4.78, 5) is 0. The summed E-state index contributed by atoms with van der Waals surface area (Å²) in [5.74, 6) is 0. The summed E-state index contributed by atoms with van der Waals surface area (Å²) in [7, 11) is 8.59. The zero-order chi connectivity index (χ0) is 15.4. The smallest absolute Gasteiger partial charge is 0.668 e. The third-order valence-electron chi connectivity index (χ3n) is 1.11. The molecule has 0 aliphatic heterocycles. The number of rotatable bonds is 3. The third-order valence-corrected chi connectivity index (χ3v) is 1.11. The minimum Gasteiger partial charge on any atom is -0.668 e. The largest absolute Gasteiger partial charge is 4.00 e. The number of nitrogens with zero attached hydrogens (tertiary/aromatic N) is 3. The molecule has 4 unspecified atom stereocenters. The van der Waals surface area contributed by atoms with Crippen LogP contribution in [0.2, 0.25) is 0 Å². The predicted octanol–water partition coefficient (Wildman–Crippen LogP) is 3.59. The zero-order valence-electron chi connectivity index (χ0n) is 15.8. The van der Waals surface area contributed by atoms with Gasteiger partial charge >= 0.3 is 25.8 Å². The van der Waals surface area contributed by atoms with Crippen LogP contribution in [0.25, 0.3) is 16.0 Å². The van der Waals surface area contributed by atoms with E-state index in [4.69, 9.17) is 10.2 Å². The molecule has 17 heavy (non-hydrogen) atoms. The molecule has 0 spiro atoms. The summed E-state index contributed by atoms with van der Waals surface area (Å²) in [6.07, 6.45) is -3.86. The number of hydrogen-bond donors (Lipinski definition) is 0. The maximum absolute atomic E-state index is 7.54. The molecule has 0 N–H and O–H groups in total. The fourth-order valence-electron chi connectivity index (χ4n) is 0.683. The van der Waals surface area contributed by atoms with Crippen molar-refractivity contribution in [2.24, 2.45) is 0 Å². The Morgan fingerprint density at radius 1 is 1.06 bits per heavy atom. The summed E-state index contributed by atoms with van der Waals surface area (Å²) in [5.41, 5.74) is 0. The van der Waals surface area contributed by atoms with Gasteiger partial charge in [0.15, 0.2) is 0 Å². The van der Waals surface area contributed by atoms with E-state index in [1.165, 1.54) is 0 Å². The maximum Gasteiger partial charge on any atom is 4.00 e. The van der Waals surface area contributed by atoms with Crippen LogP contribution in [0.4, 0.5) is 0 Å². The van der Waals surface area contributed by atoms with Crippen LogP contribution in [0.15, 0.2) is 0 Å². The van der Waals surface area contributed by atoms with Crippen molar-refractivity contribution in [3.05, 3.63) is 23.4 Å². The van der Waals surface area contributed by atoms with E-state index in [-0.39, 0.29) is 40.0 Å². The van der Waals surface area contributed by atoms with Gasteiger partial charge in [0, 0.05) is 5.48 Å². The van der Waals surface area contributed by atoms with Crippen LogP contribution in [0.3, 0.4) is 0 Å². The first-order valence-corrected chi connectivity index (χ1v) is 4.74. The van der Waals surface area contributed by atoms with Gasteiger partial charge in [-0.05, 0) is 19.5 Å².